The van der Waals surface area contributed by atoms with Crippen molar-refractivity contribution >= 4 is 15.9 Å². The van der Waals surface area contributed by atoms with Gasteiger partial charge in [0.15, 0.2) is 6.29 Å². The van der Waals surface area contributed by atoms with Crippen molar-refractivity contribution in [3.05, 3.63) is 34.3 Å². The van der Waals surface area contributed by atoms with Crippen molar-refractivity contribution in [1.82, 2.24) is 0 Å². The van der Waals surface area contributed by atoms with Gasteiger partial charge in [-0.2, -0.15) is 0 Å². The Morgan fingerprint density at radius 1 is 1.33 bits per heavy atom. The first-order valence-electron chi connectivity index (χ1n) is 5.33. The zero-order chi connectivity index (χ0) is 10.5. The summed E-state index contributed by atoms with van der Waals surface area (Å²) in [5.41, 5.74) is 1.17. The van der Waals surface area contributed by atoms with Gasteiger partial charge in [0.25, 0.3) is 0 Å². The maximum Gasteiger partial charge on any atom is 0.158 e. The molecule has 1 heterocycles. The molecule has 1 atom stereocenters. The number of hydrogen-bond acceptors (Lipinski definition) is 2. The molecule has 1 saturated heterocycles. The van der Waals surface area contributed by atoms with Crippen molar-refractivity contribution < 1.29 is 9.47 Å². The molecule has 0 bridgehead atoms. The quantitative estimate of drug-likeness (QED) is 0.837. The summed E-state index contributed by atoms with van der Waals surface area (Å²) in [5.74, 6) is 0. The summed E-state index contributed by atoms with van der Waals surface area (Å²) in [6.07, 6.45) is 3.38. The topological polar surface area (TPSA) is 18.5 Å². The Morgan fingerprint density at radius 2 is 2.20 bits per heavy atom. The lowest BCUT2D eigenvalue weighted by molar-refractivity contribution is -0.169. The Kier molecular flexibility index (Phi) is 4.18. The first-order chi connectivity index (χ1) is 7.36. The predicted octanol–water partition coefficient (Wildman–Crippen LogP) is 3.49. The third-order valence-corrected chi connectivity index (χ3v) is 3.29. The van der Waals surface area contributed by atoms with E-state index in [1.54, 1.807) is 0 Å². The second-order valence-corrected chi connectivity index (χ2v) is 4.55. The van der Waals surface area contributed by atoms with Gasteiger partial charge in [0, 0.05) is 11.1 Å². The van der Waals surface area contributed by atoms with Gasteiger partial charge in [0.2, 0.25) is 0 Å². The third kappa shape index (κ3) is 3.30. The van der Waals surface area contributed by atoms with Crippen LogP contribution in [0.2, 0.25) is 0 Å². The standard InChI is InChI=1S/C12H15BrO2/c13-11-6-2-1-5-10(11)9-15-12-7-3-4-8-14-12/h1-2,5-6,12H,3-4,7-9H2. The highest BCUT2D eigenvalue weighted by atomic mass is 79.9. The van der Waals surface area contributed by atoms with Gasteiger partial charge in [-0.15, -0.1) is 0 Å². The van der Waals surface area contributed by atoms with E-state index in [1.807, 2.05) is 18.2 Å². The number of ether oxygens (including phenoxy) is 2. The molecular weight excluding hydrogens is 256 g/mol. The van der Waals surface area contributed by atoms with Gasteiger partial charge in [-0.3, -0.25) is 0 Å². The number of hydrogen-bond donors (Lipinski definition) is 0. The monoisotopic (exact) mass is 270 g/mol. The lowest BCUT2D eigenvalue weighted by Crippen LogP contribution is -2.22. The fraction of sp³-hybridized carbons (Fsp3) is 0.500. The second kappa shape index (κ2) is 5.64. The molecule has 2 nitrogen and oxygen atoms in total. The van der Waals surface area contributed by atoms with E-state index in [9.17, 15) is 0 Å². The van der Waals surface area contributed by atoms with E-state index >= 15 is 0 Å². The fourth-order valence-electron chi connectivity index (χ4n) is 1.64. The lowest BCUT2D eigenvalue weighted by atomic mass is 10.2. The molecule has 0 N–H and O–H groups in total. The van der Waals surface area contributed by atoms with Crippen LogP contribution in [0, 0.1) is 0 Å². The molecule has 1 fully saturated rings. The van der Waals surface area contributed by atoms with E-state index in [0.717, 1.165) is 23.9 Å². The van der Waals surface area contributed by atoms with Crippen molar-refractivity contribution in [2.75, 3.05) is 6.61 Å². The average molecular weight is 271 g/mol. The number of halogens is 1. The highest BCUT2D eigenvalue weighted by molar-refractivity contribution is 9.10. The molecule has 1 aromatic rings. The van der Waals surface area contributed by atoms with Crippen LogP contribution >= 0.6 is 15.9 Å². The molecule has 0 saturated carbocycles. The van der Waals surface area contributed by atoms with E-state index in [0.29, 0.717) is 6.61 Å². The highest BCUT2D eigenvalue weighted by Crippen LogP contribution is 2.20. The van der Waals surface area contributed by atoms with E-state index in [-0.39, 0.29) is 6.29 Å². The summed E-state index contributed by atoms with van der Waals surface area (Å²) in [4.78, 5) is 0. The summed E-state index contributed by atoms with van der Waals surface area (Å²) in [6, 6.07) is 8.11. The highest BCUT2D eigenvalue weighted by Gasteiger charge is 2.14. The molecular formula is C12H15BrO2. The van der Waals surface area contributed by atoms with Gasteiger partial charge in [0.1, 0.15) is 0 Å². The van der Waals surface area contributed by atoms with Crippen LogP contribution in [0.4, 0.5) is 0 Å². The Hall–Kier alpha value is -0.380. The minimum absolute atomic E-state index is 0.00847. The first-order valence-corrected chi connectivity index (χ1v) is 6.12. The fourth-order valence-corrected chi connectivity index (χ4v) is 2.04. The Morgan fingerprint density at radius 3 is 2.93 bits per heavy atom. The van der Waals surface area contributed by atoms with Crippen LogP contribution in [-0.2, 0) is 16.1 Å². The first kappa shape index (κ1) is 11.1. The Labute approximate surface area is 98.7 Å². The van der Waals surface area contributed by atoms with Gasteiger partial charge in [-0.05, 0) is 30.9 Å². The zero-order valence-corrected chi connectivity index (χ0v) is 10.2. The molecule has 0 aliphatic carbocycles. The summed E-state index contributed by atoms with van der Waals surface area (Å²) in [5, 5.41) is 0. The van der Waals surface area contributed by atoms with Crippen LogP contribution in [-0.4, -0.2) is 12.9 Å². The van der Waals surface area contributed by atoms with Crippen molar-refractivity contribution in [2.24, 2.45) is 0 Å². The van der Waals surface area contributed by atoms with Crippen LogP contribution < -0.4 is 0 Å². The average Bonchev–Trinajstić information content (AvgIpc) is 2.29. The molecule has 1 aliphatic heterocycles. The van der Waals surface area contributed by atoms with Gasteiger partial charge in [-0.25, -0.2) is 0 Å². The second-order valence-electron chi connectivity index (χ2n) is 3.70. The molecule has 1 aliphatic rings. The zero-order valence-electron chi connectivity index (χ0n) is 8.62. The molecule has 0 amide bonds. The minimum atomic E-state index is -0.00847. The minimum Gasteiger partial charge on any atom is -0.353 e. The molecule has 0 radical (unpaired) electrons. The lowest BCUT2D eigenvalue weighted by Gasteiger charge is -2.22. The van der Waals surface area contributed by atoms with E-state index in [1.165, 1.54) is 12.0 Å². The molecule has 1 unspecified atom stereocenters. The van der Waals surface area contributed by atoms with Crippen molar-refractivity contribution in [3.8, 4) is 0 Å². The van der Waals surface area contributed by atoms with Crippen molar-refractivity contribution in [2.45, 2.75) is 32.2 Å². The molecule has 0 spiro atoms. The van der Waals surface area contributed by atoms with Crippen LogP contribution in [0.15, 0.2) is 28.7 Å². The number of benzene rings is 1. The van der Waals surface area contributed by atoms with E-state index in [4.69, 9.17) is 9.47 Å². The van der Waals surface area contributed by atoms with Crippen molar-refractivity contribution in [1.29, 1.82) is 0 Å². The van der Waals surface area contributed by atoms with Gasteiger partial charge < -0.3 is 9.47 Å². The molecule has 15 heavy (non-hydrogen) atoms. The molecule has 0 aromatic heterocycles. The maximum absolute atomic E-state index is 5.70. The summed E-state index contributed by atoms with van der Waals surface area (Å²) >= 11 is 3.50. The normalized spacial score (nSPS) is 21.5. The van der Waals surface area contributed by atoms with Crippen molar-refractivity contribution in [3.63, 3.8) is 0 Å². The Balaban J connectivity index is 1.84. The summed E-state index contributed by atoms with van der Waals surface area (Å²) < 4.78 is 12.3. The van der Waals surface area contributed by atoms with Gasteiger partial charge >= 0.3 is 0 Å². The molecule has 1 aromatic carbocycles. The molecule has 2 rings (SSSR count). The third-order valence-electron chi connectivity index (χ3n) is 2.52. The van der Waals surface area contributed by atoms with Gasteiger partial charge in [-0.1, -0.05) is 34.1 Å². The SMILES string of the molecule is Brc1ccccc1COC1CCCCO1. The summed E-state index contributed by atoms with van der Waals surface area (Å²) in [6.45, 7) is 1.45. The summed E-state index contributed by atoms with van der Waals surface area (Å²) in [7, 11) is 0. The number of rotatable bonds is 3. The molecule has 3 heteroatoms. The molecule has 82 valence electrons. The van der Waals surface area contributed by atoms with E-state index in [2.05, 4.69) is 22.0 Å². The maximum atomic E-state index is 5.70. The van der Waals surface area contributed by atoms with Crippen LogP contribution in [0.5, 0.6) is 0 Å². The van der Waals surface area contributed by atoms with E-state index < -0.39 is 0 Å². The smallest absolute Gasteiger partial charge is 0.158 e. The van der Waals surface area contributed by atoms with Gasteiger partial charge in [0.05, 0.1) is 6.61 Å². The van der Waals surface area contributed by atoms with Crippen LogP contribution in [0.1, 0.15) is 24.8 Å². The predicted molar refractivity (Wildman–Crippen MR) is 62.5 cm³/mol. The van der Waals surface area contributed by atoms with Crippen LogP contribution in [0.3, 0.4) is 0 Å². The Bertz CT molecular complexity index is 308. The van der Waals surface area contributed by atoms with Crippen LogP contribution in [0.25, 0.3) is 0 Å². The largest absolute Gasteiger partial charge is 0.353 e.